The van der Waals surface area contributed by atoms with E-state index in [4.69, 9.17) is 0 Å². The molecule has 26 heavy (non-hydrogen) atoms. The van der Waals surface area contributed by atoms with Gasteiger partial charge in [0.25, 0.3) is 0 Å². The third-order valence-corrected chi connectivity index (χ3v) is 4.30. The fourth-order valence-electron chi connectivity index (χ4n) is 2.75. The van der Waals surface area contributed by atoms with Crippen molar-refractivity contribution >= 4 is 23.1 Å². The molecule has 1 aliphatic heterocycles. The molecule has 0 spiro atoms. The molecule has 0 unspecified atom stereocenters. The molecule has 1 heterocycles. The normalized spacial score (nSPS) is 14.2. The molecule has 0 bridgehead atoms. The number of nitrogens with zero attached hydrogens (tertiary/aromatic N) is 2. The van der Waals surface area contributed by atoms with E-state index >= 15 is 0 Å². The highest BCUT2D eigenvalue weighted by Crippen LogP contribution is 2.19. The molecule has 0 aromatic heterocycles. The van der Waals surface area contributed by atoms with E-state index in [-0.39, 0.29) is 6.03 Å². The van der Waals surface area contributed by atoms with Crippen LogP contribution in [0.4, 0.5) is 21.9 Å². The summed E-state index contributed by atoms with van der Waals surface area (Å²) in [7, 11) is 2.15. The fourth-order valence-corrected chi connectivity index (χ4v) is 2.75. The molecule has 0 radical (unpaired) electrons. The molecule has 1 saturated heterocycles. The Morgan fingerprint density at radius 3 is 1.77 bits per heavy atom. The summed E-state index contributed by atoms with van der Waals surface area (Å²) in [5.41, 5.74) is 3.94. The number of likely N-dealkylation sites (N-methyl/N-ethyl adjacent to an activating group) is 1. The highest BCUT2D eigenvalue weighted by atomic mass is 16.2. The van der Waals surface area contributed by atoms with Crippen LogP contribution in [0.5, 0.6) is 0 Å². The van der Waals surface area contributed by atoms with Crippen LogP contribution in [0.15, 0.2) is 48.5 Å². The van der Waals surface area contributed by atoms with Crippen molar-refractivity contribution < 1.29 is 4.79 Å². The lowest BCUT2D eigenvalue weighted by molar-refractivity contribution is 0.262. The van der Waals surface area contributed by atoms with Crippen molar-refractivity contribution in [3.8, 4) is 0 Å². The van der Waals surface area contributed by atoms with Crippen LogP contribution in [0.2, 0.25) is 0 Å². The van der Waals surface area contributed by atoms with Crippen molar-refractivity contribution in [1.29, 1.82) is 0 Å². The minimum atomic E-state index is -0.230. The smallest absolute Gasteiger partial charge is 0.323 e. The Hall–Kier alpha value is -2.53. The summed E-state index contributed by atoms with van der Waals surface area (Å²) in [5.74, 6) is 0. The maximum absolute atomic E-state index is 12.1. The molecule has 140 valence electrons. The van der Waals surface area contributed by atoms with Gasteiger partial charge in [0.1, 0.15) is 0 Å². The van der Waals surface area contributed by atoms with Crippen LogP contribution >= 0.6 is 0 Å². The molecule has 0 aliphatic carbocycles. The summed E-state index contributed by atoms with van der Waals surface area (Å²) in [6, 6.07) is 15.5. The molecule has 2 aromatic carbocycles. The number of piperazine rings is 1. The van der Waals surface area contributed by atoms with Crippen LogP contribution in [0.25, 0.3) is 0 Å². The molecule has 5 heteroatoms. The zero-order chi connectivity index (χ0) is 18.9. The summed E-state index contributed by atoms with van der Waals surface area (Å²) in [6.07, 6.45) is 0. The van der Waals surface area contributed by atoms with Crippen molar-refractivity contribution in [1.82, 2.24) is 4.90 Å². The number of benzene rings is 2. The Kier molecular flexibility index (Phi) is 7.48. The van der Waals surface area contributed by atoms with Gasteiger partial charge < -0.3 is 20.4 Å². The van der Waals surface area contributed by atoms with Gasteiger partial charge in [0.15, 0.2) is 0 Å². The molecule has 1 aliphatic rings. The molecule has 0 saturated carbocycles. The number of anilines is 3. The first-order valence-corrected chi connectivity index (χ1v) is 9.28. The molecule has 5 nitrogen and oxygen atoms in total. The lowest BCUT2D eigenvalue weighted by Gasteiger charge is -2.34. The zero-order valence-corrected chi connectivity index (χ0v) is 16.2. The second kappa shape index (κ2) is 9.82. The van der Waals surface area contributed by atoms with Gasteiger partial charge in [-0.2, -0.15) is 0 Å². The first-order chi connectivity index (χ1) is 12.6. The Labute approximate surface area is 157 Å². The standard InChI is InChI=1S/C19H24N4O.C2H6/c1-15-3-5-16(6-4-15)20-19(24)21-17-7-9-18(10-8-17)23-13-11-22(2)12-14-23;1-2/h3-10H,11-14H2,1-2H3,(H2,20,21,24);1-2H3. The Morgan fingerprint density at radius 1 is 0.808 bits per heavy atom. The van der Waals surface area contributed by atoms with Crippen molar-refractivity contribution in [2.24, 2.45) is 0 Å². The minimum Gasteiger partial charge on any atom is -0.369 e. The van der Waals surface area contributed by atoms with Crippen LogP contribution in [0.3, 0.4) is 0 Å². The molecular formula is C21H30N4O. The summed E-state index contributed by atoms with van der Waals surface area (Å²) < 4.78 is 0. The number of urea groups is 1. The van der Waals surface area contributed by atoms with E-state index in [9.17, 15) is 4.79 Å². The number of hydrogen-bond donors (Lipinski definition) is 2. The van der Waals surface area contributed by atoms with Gasteiger partial charge in [-0.15, -0.1) is 0 Å². The number of rotatable bonds is 3. The first-order valence-electron chi connectivity index (χ1n) is 9.28. The SMILES string of the molecule is CC.Cc1ccc(NC(=O)Nc2ccc(N3CCN(C)CC3)cc2)cc1. The third-order valence-electron chi connectivity index (χ3n) is 4.30. The predicted octanol–water partition coefficient (Wildman–Crippen LogP) is 4.42. The number of hydrogen-bond acceptors (Lipinski definition) is 3. The van der Waals surface area contributed by atoms with Crippen LogP contribution in [-0.2, 0) is 0 Å². The van der Waals surface area contributed by atoms with Gasteiger partial charge >= 0.3 is 6.03 Å². The predicted molar refractivity (Wildman–Crippen MR) is 111 cm³/mol. The summed E-state index contributed by atoms with van der Waals surface area (Å²) >= 11 is 0. The number of carbonyl (C=O) groups is 1. The third kappa shape index (κ3) is 5.77. The van der Waals surface area contributed by atoms with Crippen molar-refractivity contribution in [2.75, 3.05) is 48.8 Å². The van der Waals surface area contributed by atoms with Crippen LogP contribution in [-0.4, -0.2) is 44.2 Å². The van der Waals surface area contributed by atoms with Crippen LogP contribution < -0.4 is 15.5 Å². The van der Waals surface area contributed by atoms with Crippen molar-refractivity contribution in [3.05, 3.63) is 54.1 Å². The van der Waals surface area contributed by atoms with Gasteiger partial charge in [0.05, 0.1) is 0 Å². The van der Waals surface area contributed by atoms with Crippen molar-refractivity contribution in [2.45, 2.75) is 20.8 Å². The molecule has 2 N–H and O–H groups in total. The molecule has 1 fully saturated rings. The topological polar surface area (TPSA) is 47.6 Å². The second-order valence-electron chi connectivity index (χ2n) is 6.28. The monoisotopic (exact) mass is 354 g/mol. The summed E-state index contributed by atoms with van der Waals surface area (Å²) in [5, 5.41) is 5.70. The van der Waals surface area contributed by atoms with E-state index in [0.717, 1.165) is 37.6 Å². The van der Waals surface area contributed by atoms with Gasteiger partial charge in [0.2, 0.25) is 0 Å². The van der Waals surface area contributed by atoms with Gasteiger partial charge in [0, 0.05) is 43.2 Å². The first kappa shape index (κ1) is 19.8. The van der Waals surface area contributed by atoms with E-state index in [0.29, 0.717) is 0 Å². The average Bonchev–Trinajstić information content (AvgIpc) is 2.67. The zero-order valence-electron chi connectivity index (χ0n) is 16.2. The maximum Gasteiger partial charge on any atom is 0.323 e. The number of aryl methyl sites for hydroxylation is 1. The summed E-state index contributed by atoms with van der Waals surface area (Å²) in [4.78, 5) is 16.8. The molecule has 2 amide bonds. The Bertz CT molecular complexity index is 674. The number of carbonyl (C=O) groups excluding carboxylic acids is 1. The largest absolute Gasteiger partial charge is 0.369 e. The lowest BCUT2D eigenvalue weighted by atomic mass is 10.2. The van der Waals surface area contributed by atoms with E-state index in [1.54, 1.807) is 0 Å². The van der Waals surface area contributed by atoms with Gasteiger partial charge in [-0.25, -0.2) is 4.79 Å². The highest BCUT2D eigenvalue weighted by Gasteiger charge is 2.14. The number of nitrogens with one attached hydrogen (secondary N) is 2. The molecule has 0 atom stereocenters. The minimum absolute atomic E-state index is 0.230. The lowest BCUT2D eigenvalue weighted by Crippen LogP contribution is -2.44. The van der Waals surface area contributed by atoms with Gasteiger partial charge in [-0.1, -0.05) is 31.5 Å². The van der Waals surface area contributed by atoms with Gasteiger partial charge in [-0.05, 0) is 50.4 Å². The van der Waals surface area contributed by atoms with Crippen LogP contribution in [0, 0.1) is 6.92 Å². The van der Waals surface area contributed by atoms with E-state index in [2.05, 4.69) is 39.6 Å². The Balaban J connectivity index is 0.00000117. The Morgan fingerprint density at radius 2 is 1.27 bits per heavy atom. The molecular weight excluding hydrogens is 324 g/mol. The van der Waals surface area contributed by atoms with Crippen LogP contribution in [0.1, 0.15) is 19.4 Å². The van der Waals surface area contributed by atoms with E-state index in [1.165, 1.54) is 11.3 Å². The summed E-state index contributed by atoms with van der Waals surface area (Å²) in [6.45, 7) is 10.3. The molecule has 2 aromatic rings. The van der Waals surface area contributed by atoms with E-state index < -0.39 is 0 Å². The fraction of sp³-hybridized carbons (Fsp3) is 0.381. The maximum atomic E-state index is 12.1. The van der Waals surface area contributed by atoms with Gasteiger partial charge in [-0.3, -0.25) is 0 Å². The number of amides is 2. The van der Waals surface area contributed by atoms with E-state index in [1.807, 2.05) is 57.2 Å². The molecule has 3 rings (SSSR count). The highest BCUT2D eigenvalue weighted by molar-refractivity contribution is 5.99. The second-order valence-corrected chi connectivity index (χ2v) is 6.28. The van der Waals surface area contributed by atoms with Crippen molar-refractivity contribution in [3.63, 3.8) is 0 Å². The quantitative estimate of drug-likeness (QED) is 0.858. The average molecular weight is 354 g/mol.